The predicted molar refractivity (Wildman–Crippen MR) is 76.7 cm³/mol. The van der Waals surface area contributed by atoms with Crippen LogP contribution in [-0.2, 0) is 11.2 Å². The number of aliphatic hydroxyl groups excluding tert-OH is 1. The van der Waals surface area contributed by atoms with Crippen LogP contribution in [0.1, 0.15) is 12.0 Å². The molecular formula is C13H16INO2. The molecule has 1 aromatic carbocycles. The van der Waals surface area contributed by atoms with Gasteiger partial charge in [0, 0.05) is 3.57 Å². The lowest BCUT2D eigenvalue weighted by Gasteiger charge is -2.14. The summed E-state index contributed by atoms with van der Waals surface area (Å²) in [6.07, 6.45) is 2.60. The van der Waals surface area contributed by atoms with E-state index < -0.39 is 0 Å². The van der Waals surface area contributed by atoms with E-state index in [1.165, 1.54) is 0 Å². The van der Waals surface area contributed by atoms with Crippen LogP contribution in [0.4, 0.5) is 0 Å². The molecule has 2 N–H and O–H groups in total. The minimum Gasteiger partial charge on any atom is -0.394 e. The molecule has 0 aliphatic carbocycles. The van der Waals surface area contributed by atoms with Crippen LogP contribution in [0.15, 0.2) is 36.9 Å². The number of hydrogen-bond acceptors (Lipinski definition) is 2. The molecule has 3 nitrogen and oxygen atoms in total. The standard InChI is InChI=1S/C13H16INO2/c1-2-3-12(9-16)15-13(17)8-10-4-6-11(14)7-5-10/h2,4-7,12,16H,1,3,8-9H2,(H,15,17). The smallest absolute Gasteiger partial charge is 0.224 e. The lowest BCUT2D eigenvalue weighted by Crippen LogP contribution is -2.37. The third-order valence-corrected chi connectivity index (χ3v) is 3.03. The Morgan fingerprint density at radius 1 is 1.47 bits per heavy atom. The summed E-state index contributed by atoms with van der Waals surface area (Å²) in [5, 5.41) is 11.8. The highest BCUT2D eigenvalue weighted by Crippen LogP contribution is 2.07. The van der Waals surface area contributed by atoms with Crippen LogP contribution in [0.3, 0.4) is 0 Å². The first-order valence-electron chi connectivity index (χ1n) is 5.41. The predicted octanol–water partition coefficient (Wildman–Crippen LogP) is 1.89. The van der Waals surface area contributed by atoms with Crippen molar-refractivity contribution in [2.75, 3.05) is 6.61 Å². The van der Waals surface area contributed by atoms with E-state index in [0.29, 0.717) is 12.8 Å². The molecule has 17 heavy (non-hydrogen) atoms. The minimum absolute atomic E-state index is 0.0650. The molecule has 1 atom stereocenters. The molecule has 0 aliphatic rings. The van der Waals surface area contributed by atoms with Gasteiger partial charge in [-0.1, -0.05) is 18.2 Å². The Bertz CT molecular complexity index is 376. The fraction of sp³-hybridized carbons (Fsp3) is 0.308. The zero-order valence-corrected chi connectivity index (χ0v) is 11.7. The maximum atomic E-state index is 11.7. The monoisotopic (exact) mass is 345 g/mol. The van der Waals surface area contributed by atoms with Crippen molar-refractivity contribution < 1.29 is 9.90 Å². The highest BCUT2D eigenvalue weighted by molar-refractivity contribution is 14.1. The van der Waals surface area contributed by atoms with Gasteiger partial charge in [-0.05, 0) is 46.7 Å². The molecule has 1 amide bonds. The maximum absolute atomic E-state index is 11.7. The molecule has 0 radical (unpaired) electrons. The van der Waals surface area contributed by atoms with Gasteiger partial charge >= 0.3 is 0 Å². The van der Waals surface area contributed by atoms with Crippen molar-refractivity contribution in [1.29, 1.82) is 0 Å². The number of hydrogen-bond donors (Lipinski definition) is 2. The Morgan fingerprint density at radius 3 is 2.65 bits per heavy atom. The SMILES string of the molecule is C=CCC(CO)NC(=O)Cc1ccc(I)cc1. The van der Waals surface area contributed by atoms with Crippen molar-refractivity contribution in [3.63, 3.8) is 0 Å². The molecule has 0 heterocycles. The van der Waals surface area contributed by atoms with Crippen LogP contribution < -0.4 is 5.32 Å². The van der Waals surface area contributed by atoms with E-state index in [1.54, 1.807) is 6.08 Å². The van der Waals surface area contributed by atoms with Crippen LogP contribution in [0.25, 0.3) is 0 Å². The number of carbonyl (C=O) groups is 1. The van der Waals surface area contributed by atoms with Crippen molar-refractivity contribution in [3.05, 3.63) is 46.1 Å². The Labute approximate surface area is 115 Å². The summed E-state index contributed by atoms with van der Waals surface area (Å²) in [5.74, 6) is -0.0768. The van der Waals surface area contributed by atoms with Crippen LogP contribution in [0.2, 0.25) is 0 Å². The van der Waals surface area contributed by atoms with Crippen LogP contribution in [-0.4, -0.2) is 23.7 Å². The summed E-state index contributed by atoms with van der Waals surface area (Å²) in [7, 11) is 0. The van der Waals surface area contributed by atoms with E-state index in [2.05, 4.69) is 34.5 Å². The van der Waals surface area contributed by atoms with Gasteiger partial charge in [0.25, 0.3) is 0 Å². The van der Waals surface area contributed by atoms with Crippen molar-refractivity contribution in [2.24, 2.45) is 0 Å². The second-order valence-electron chi connectivity index (χ2n) is 3.77. The summed E-state index contributed by atoms with van der Waals surface area (Å²) in [5.41, 5.74) is 0.971. The van der Waals surface area contributed by atoms with Gasteiger partial charge in [-0.3, -0.25) is 4.79 Å². The largest absolute Gasteiger partial charge is 0.394 e. The van der Waals surface area contributed by atoms with E-state index in [0.717, 1.165) is 9.13 Å². The van der Waals surface area contributed by atoms with Gasteiger partial charge in [-0.2, -0.15) is 0 Å². The fourth-order valence-corrected chi connectivity index (χ4v) is 1.81. The number of nitrogens with one attached hydrogen (secondary N) is 1. The first-order chi connectivity index (χ1) is 8.15. The number of aliphatic hydroxyl groups is 1. The van der Waals surface area contributed by atoms with Gasteiger partial charge in [-0.25, -0.2) is 0 Å². The third kappa shape index (κ3) is 5.32. The zero-order chi connectivity index (χ0) is 12.7. The summed E-state index contributed by atoms with van der Waals surface area (Å²) < 4.78 is 1.15. The molecule has 0 aromatic heterocycles. The number of amides is 1. The van der Waals surface area contributed by atoms with Crippen molar-refractivity contribution in [2.45, 2.75) is 18.9 Å². The molecule has 0 saturated heterocycles. The quantitative estimate of drug-likeness (QED) is 0.611. The molecular weight excluding hydrogens is 329 g/mol. The molecule has 1 rings (SSSR count). The third-order valence-electron chi connectivity index (χ3n) is 2.31. The fourth-order valence-electron chi connectivity index (χ4n) is 1.45. The van der Waals surface area contributed by atoms with Gasteiger partial charge in [0.1, 0.15) is 0 Å². The topological polar surface area (TPSA) is 49.3 Å². The van der Waals surface area contributed by atoms with Crippen molar-refractivity contribution in [3.8, 4) is 0 Å². The van der Waals surface area contributed by atoms with Crippen molar-refractivity contribution in [1.82, 2.24) is 5.32 Å². The number of benzene rings is 1. The van der Waals surface area contributed by atoms with Gasteiger partial charge in [0.15, 0.2) is 0 Å². The summed E-state index contributed by atoms with van der Waals surface area (Å²) in [4.78, 5) is 11.7. The molecule has 0 aliphatic heterocycles. The minimum atomic E-state index is -0.233. The van der Waals surface area contributed by atoms with Crippen LogP contribution in [0, 0.1) is 3.57 Å². The summed E-state index contributed by atoms with van der Waals surface area (Å²) in [6.45, 7) is 3.52. The number of halogens is 1. The first kappa shape index (κ1) is 14.2. The maximum Gasteiger partial charge on any atom is 0.224 e. The zero-order valence-electron chi connectivity index (χ0n) is 9.53. The molecule has 0 saturated carbocycles. The lowest BCUT2D eigenvalue weighted by atomic mass is 10.1. The second-order valence-corrected chi connectivity index (χ2v) is 5.02. The first-order valence-corrected chi connectivity index (χ1v) is 6.49. The van der Waals surface area contributed by atoms with Gasteiger partial charge in [0.05, 0.1) is 19.1 Å². The number of carbonyl (C=O) groups excluding carboxylic acids is 1. The average molecular weight is 345 g/mol. The molecule has 1 unspecified atom stereocenters. The van der Waals surface area contributed by atoms with E-state index in [1.807, 2.05) is 24.3 Å². The summed E-state index contributed by atoms with van der Waals surface area (Å²) in [6, 6.07) is 7.57. The lowest BCUT2D eigenvalue weighted by molar-refractivity contribution is -0.121. The Morgan fingerprint density at radius 2 is 2.12 bits per heavy atom. The van der Waals surface area contributed by atoms with Gasteiger partial charge in [-0.15, -0.1) is 6.58 Å². The van der Waals surface area contributed by atoms with Gasteiger partial charge in [0.2, 0.25) is 5.91 Å². The van der Waals surface area contributed by atoms with E-state index in [-0.39, 0.29) is 18.6 Å². The molecule has 4 heteroatoms. The van der Waals surface area contributed by atoms with E-state index >= 15 is 0 Å². The average Bonchev–Trinajstić information content (AvgIpc) is 2.31. The normalized spacial score (nSPS) is 11.9. The molecule has 92 valence electrons. The summed E-state index contributed by atoms with van der Waals surface area (Å²) >= 11 is 2.22. The number of rotatable bonds is 6. The molecule has 0 spiro atoms. The van der Waals surface area contributed by atoms with Gasteiger partial charge < -0.3 is 10.4 Å². The molecule has 0 bridgehead atoms. The van der Waals surface area contributed by atoms with E-state index in [9.17, 15) is 4.79 Å². The molecule has 0 fully saturated rings. The Balaban J connectivity index is 2.48. The van der Waals surface area contributed by atoms with Crippen LogP contribution in [0.5, 0.6) is 0 Å². The molecule has 1 aromatic rings. The Kier molecular flexibility index (Phi) is 6.21. The van der Waals surface area contributed by atoms with Crippen LogP contribution >= 0.6 is 22.6 Å². The highest BCUT2D eigenvalue weighted by Gasteiger charge is 2.09. The van der Waals surface area contributed by atoms with Crippen molar-refractivity contribution >= 4 is 28.5 Å². The highest BCUT2D eigenvalue weighted by atomic mass is 127. The second kappa shape index (κ2) is 7.45. The van der Waals surface area contributed by atoms with E-state index in [4.69, 9.17) is 5.11 Å². The Hall–Kier alpha value is -0.880.